The maximum atomic E-state index is 5.98. The fourth-order valence-corrected chi connectivity index (χ4v) is 2.27. The molecular weight excluding hydrogens is 231 g/mol. The number of piperidine rings is 1. The van der Waals surface area contributed by atoms with Gasteiger partial charge in [-0.05, 0) is 32.4 Å². The van der Waals surface area contributed by atoms with Crippen LogP contribution in [0.3, 0.4) is 0 Å². The summed E-state index contributed by atoms with van der Waals surface area (Å²) in [5.74, 6) is 0. The zero-order valence-electron chi connectivity index (χ0n) is 9.31. The van der Waals surface area contributed by atoms with Gasteiger partial charge in [-0.25, -0.2) is 0 Å². The average Bonchev–Trinajstić information content (AvgIpc) is 2.29. The summed E-state index contributed by atoms with van der Waals surface area (Å²) in [6, 6.07) is 0.615. The van der Waals surface area contributed by atoms with Crippen LogP contribution in [0.2, 0.25) is 0 Å². The summed E-state index contributed by atoms with van der Waals surface area (Å²) >= 11 is 11.6. The summed E-state index contributed by atoms with van der Waals surface area (Å²) < 4.78 is 0. The lowest BCUT2D eigenvalue weighted by molar-refractivity contribution is 0.182. The van der Waals surface area contributed by atoms with Crippen molar-refractivity contribution < 1.29 is 0 Å². The number of rotatable bonds is 5. The number of halogens is 2. The van der Waals surface area contributed by atoms with Gasteiger partial charge in [0.05, 0.1) is 0 Å². The molecule has 2 nitrogen and oxygen atoms in total. The molecule has 15 heavy (non-hydrogen) atoms. The first-order chi connectivity index (χ1) is 7.27. The molecule has 88 valence electrons. The molecule has 1 atom stereocenters. The highest BCUT2D eigenvalue weighted by Gasteiger charge is 2.20. The summed E-state index contributed by atoms with van der Waals surface area (Å²) in [4.78, 5) is 2.42. The van der Waals surface area contributed by atoms with Crippen molar-refractivity contribution >= 4 is 23.2 Å². The third-order valence-corrected chi connectivity index (χ3v) is 3.37. The van der Waals surface area contributed by atoms with E-state index < -0.39 is 0 Å². The molecule has 0 amide bonds. The summed E-state index contributed by atoms with van der Waals surface area (Å²) in [6.07, 6.45) is 3.68. The van der Waals surface area contributed by atoms with E-state index in [1.54, 1.807) is 0 Å². The molecule has 0 aromatic heterocycles. The lowest BCUT2D eigenvalue weighted by Crippen LogP contribution is -2.46. The fraction of sp³-hybridized carbons (Fsp3) is 0.818. The third kappa shape index (κ3) is 4.73. The van der Waals surface area contributed by atoms with Crippen molar-refractivity contribution in [3.05, 3.63) is 10.6 Å². The first-order valence-corrected chi connectivity index (χ1v) is 6.49. The molecule has 0 radical (unpaired) electrons. The zero-order chi connectivity index (χ0) is 11.1. The molecular formula is C11H20Cl2N2. The fourth-order valence-electron chi connectivity index (χ4n) is 2.05. The second kappa shape index (κ2) is 7.50. The monoisotopic (exact) mass is 250 g/mol. The maximum Gasteiger partial charge on any atom is 0.0434 e. The molecule has 0 saturated carbocycles. The Morgan fingerprint density at radius 3 is 2.93 bits per heavy atom. The largest absolute Gasteiger partial charge is 0.315 e. The number of nitrogens with zero attached hydrogens (tertiary/aromatic N) is 1. The van der Waals surface area contributed by atoms with Crippen LogP contribution in [0.25, 0.3) is 0 Å². The smallest absolute Gasteiger partial charge is 0.0434 e. The Morgan fingerprint density at radius 2 is 2.40 bits per heavy atom. The van der Waals surface area contributed by atoms with Gasteiger partial charge in [-0.1, -0.05) is 30.1 Å². The zero-order valence-corrected chi connectivity index (χ0v) is 10.8. The van der Waals surface area contributed by atoms with E-state index in [1.807, 2.05) is 0 Å². The summed E-state index contributed by atoms with van der Waals surface area (Å²) in [7, 11) is 0. The summed E-state index contributed by atoms with van der Waals surface area (Å²) in [5.41, 5.74) is 1.47. The maximum absolute atomic E-state index is 5.98. The van der Waals surface area contributed by atoms with Gasteiger partial charge in [0.15, 0.2) is 0 Å². The van der Waals surface area contributed by atoms with Crippen molar-refractivity contribution in [2.24, 2.45) is 0 Å². The Morgan fingerprint density at radius 1 is 1.60 bits per heavy atom. The molecule has 1 saturated heterocycles. The Kier molecular flexibility index (Phi) is 6.66. The van der Waals surface area contributed by atoms with Gasteiger partial charge in [0, 0.05) is 29.7 Å². The minimum absolute atomic E-state index is 0.615. The molecule has 1 fully saturated rings. The number of hydrogen-bond acceptors (Lipinski definition) is 2. The molecule has 0 spiro atoms. The molecule has 0 aromatic rings. The van der Waals surface area contributed by atoms with E-state index in [0.717, 1.165) is 37.6 Å². The standard InChI is InChI=1S/C11H20Cl2N2/c1-2-6-15(9-10(13)7-12)11-4-3-5-14-8-11/h7,11,14H,2-6,8-9H2,1H3. The van der Waals surface area contributed by atoms with Crippen LogP contribution in [-0.2, 0) is 0 Å². The molecule has 1 N–H and O–H groups in total. The van der Waals surface area contributed by atoms with E-state index in [0.29, 0.717) is 6.04 Å². The van der Waals surface area contributed by atoms with E-state index >= 15 is 0 Å². The van der Waals surface area contributed by atoms with Crippen molar-refractivity contribution in [1.29, 1.82) is 0 Å². The minimum Gasteiger partial charge on any atom is -0.315 e. The van der Waals surface area contributed by atoms with Gasteiger partial charge in [0.25, 0.3) is 0 Å². The number of nitrogens with one attached hydrogen (secondary N) is 1. The predicted octanol–water partition coefficient (Wildman–Crippen LogP) is 2.77. The topological polar surface area (TPSA) is 15.3 Å². The van der Waals surface area contributed by atoms with Gasteiger partial charge in [-0.15, -0.1) is 0 Å². The van der Waals surface area contributed by atoms with Crippen LogP contribution in [0.15, 0.2) is 10.6 Å². The lowest BCUT2D eigenvalue weighted by atomic mass is 10.1. The van der Waals surface area contributed by atoms with E-state index in [2.05, 4.69) is 17.1 Å². The van der Waals surface area contributed by atoms with Crippen molar-refractivity contribution in [2.75, 3.05) is 26.2 Å². The molecule has 4 heteroatoms. The predicted molar refractivity (Wildman–Crippen MR) is 67.5 cm³/mol. The molecule has 1 rings (SSSR count). The van der Waals surface area contributed by atoms with Gasteiger partial charge >= 0.3 is 0 Å². The van der Waals surface area contributed by atoms with Crippen molar-refractivity contribution in [3.8, 4) is 0 Å². The normalized spacial score (nSPS) is 23.5. The Hall–Kier alpha value is 0.240. The molecule has 1 unspecified atom stereocenters. The van der Waals surface area contributed by atoms with E-state index in [-0.39, 0.29) is 0 Å². The Bertz CT molecular complexity index is 201. The Balaban J connectivity index is 2.47. The quantitative estimate of drug-likeness (QED) is 0.808. The van der Waals surface area contributed by atoms with Gasteiger partial charge in [-0.2, -0.15) is 0 Å². The van der Waals surface area contributed by atoms with Crippen molar-refractivity contribution in [2.45, 2.75) is 32.2 Å². The Labute approximate surface area is 103 Å². The molecule has 1 heterocycles. The SMILES string of the molecule is CCCN(CC(Cl)=CCl)C1CCCNC1. The van der Waals surface area contributed by atoms with E-state index in [9.17, 15) is 0 Å². The van der Waals surface area contributed by atoms with Crippen LogP contribution < -0.4 is 5.32 Å². The molecule has 1 aliphatic rings. The van der Waals surface area contributed by atoms with Crippen LogP contribution in [0.5, 0.6) is 0 Å². The second-order valence-electron chi connectivity index (χ2n) is 4.03. The van der Waals surface area contributed by atoms with Gasteiger partial charge in [0.1, 0.15) is 0 Å². The molecule has 0 aromatic carbocycles. The van der Waals surface area contributed by atoms with E-state index in [1.165, 1.54) is 18.4 Å². The third-order valence-electron chi connectivity index (χ3n) is 2.77. The number of hydrogen-bond donors (Lipinski definition) is 1. The van der Waals surface area contributed by atoms with Crippen LogP contribution in [-0.4, -0.2) is 37.1 Å². The van der Waals surface area contributed by atoms with Gasteiger partial charge < -0.3 is 5.32 Å². The lowest BCUT2D eigenvalue weighted by Gasteiger charge is -2.34. The van der Waals surface area contributed by atoms with Gasteiger partial charge in [0.2, 0.25) is 0 Å². The van der Waals surface area contributed by atoms with Gasteiger partial charge in [-0.3, -0.25) is 4.90 Å². The van der Waals surface area contributed by atoms with Crippen LogP contribution in [0.4, 0.5) is 0 Å². The van der Waals surface area contributed by atoms with Crippen LogP contribution in [0.1, 0.15) is 26.2 Å². The molecule has 0 aliphatic carbocycles. The van der Waals surface area contributed by atoms with Crippen LogP contribution >= 0.6 is 23.2 Å². The first kappa shape index (κ1) is 13.3. The molecule has 0 bridgehead atoms. The van der Waals surface area contributed by atoms with Crippen LogP contribution in [0, 0.1) is 0 Å². The molecule has 1 aliphatic heterocycles. The summed E-state index contributed by atoms with van der Waals surface area (Å²) in [5, 5.41) is 4.16. The second-order valence-corrected chi connectivity index (χ2v) is 4.73. The highest BCUT2D eigenvalue weighted by molar-refractivity contribution is 6.36. The average molecular weight is 251 g/mol. The summed E-state index contributed by atoms with van der Waals surface area (Å²) in [6.45, 7) is 6.29. The highest BCUT2D eigenvalue weighted by atomic mass is 35.5. The van der Waals surface area contributed by atoms with Crippen molar-refractivity contribution in [3.63, 3.8) is 0 Å². The first-order valence-electron chi connectivity index (χ1n) is 5.67. The van der Waals surface area contributed by atoms with E-state index in [4.69, 9.17) is 23.2 Å². The van der Waals surface area contributed by atoms with Crippen molar-refractivity contribution in [1.82, 2.24) is 10.2 Å². The highest BCUT2D eigenvalue weighted by Crippen LogP contribution is 2.15. The minimum atomic E-state index is 0.615.